The summed E-state index contributed by atoms with van der Waals surface area (Å²) in [6.45, 7) is 9.67. The van der Waals surface area contributed by atoms with E-state index >= 15 is 0 Å². The third kappa shape index (κ3) is 2.11. The molecule has 0 unspecified atom stereocenters. The average Bonchev–Trinajstić information content (AvgIpc) is 2.88. The van der Waals surface area contributed by atoms with Crippen LogP contribution in [0.3, 0.4) is 0 Å². The molecule has 132 valence electrons. The Morgan fingerprint density at radius 1 is 1.32 bits per heavy atom. The fraction of sp³-hybridized carbons (Fsp3) is 0.550. The smallest absolute Gasteiger partial charge is 0.270 e. The Balaban J connectivity index is 2.00. The molecule has 0 radical (unpaired) electrons. The maximum atomic E-state index is 12.9. The van der Waals surface area contributed by atoms with Gasteiger partial charge in [0.2, 0.25) is 0 Å². The van der Waals surface area contributed by atoms with E-state index in [1.54, 1.807) is 6.20 Å². The van der Waals surface area contributed by atoms with Gasteiger partial charge < -0.3 is 4.90 Å². The fourth-order valence-electron chi connectivity index (χ4n) is 4.80. The number of pyridine rings is 1. The quantitative estimate of drug-likeness (QED) is 0.788. The number of rotatable bonds is 2. The van der Waals surface area contributed by atoms with Crippen LogP contribution in [0.15, 0.2) is 23.1 Å². The van der Waals surface area contributed by atoms with E-state index in [-0.39, 0.29) is 22.1 Å². The Morgan fingerprint density at radius 2 is 2.08 bits per heavy atom. The van der Waals surface area contributed by atoms with E-state index in [9.17, 15) is 9.59 Å². The first-order valence-electron chi connectivity index (χ1n) is 9.03. The monoisotopic (exact) mass is 339 g/mol. The Hall–Kier alpha value is -2.17. The van der Waals surface area contributed by atoms with Crippen LogP contribution < -0.4 is 10.5 Å². The van der Waals surface area contributed by atoms with Crippen molar-refractivity contribution in [3.05, 3.63) is 39.8 Å². The normalized spacial score (nSPS) is 27.7. The largest absolute Gasteiger partial charge is 0.350 e. The predicted molar refractivity (Wildman–Crippen MR) is 98.5 cm³/mol. The van der Waals surface area contributed by atoms with Crippen LogP contribution in [0.5, 0.6) is 0 Å². The van der Waals surface area contributed by atoms with E-state index in [0.29, 0.717) is 23.7 Å². The van der Waals surface area contributed by atoms with Gasteiger partial charge in [0, 0.05) is 18.3 Å². The lowest BCUT2D eigenvalue weighted by atomic mass is 9.63. The molecule has 1 saturated heterocycles. The van der Waals surface area contributed by atoms with Crippen LogP contribution in [0.25, 0.3) is 5.65 Å². The van der Waals surface area contributed by atoms with Crippen LogP contribution in [0, 0.1) is 18.3 Å². The number of aromatic nitrogens is 2. The van der Waals surface area contributed by atoms with E-state index < -0.39 is 0 Å². The number of hydrogen-bond donors (Lipinski definition) is 0. The zero-order chi connectivity index (χ0) is 18.0. The van der Waals surface area contributed by atoms with Crippen LogP contribution >= 0.6 is 0 Å². The van der Waals surface area contributed by atoms with Gasteiger partial charge in [0.1, 0.15) is 17.0 Å². The van der Waals surface area contributed by atoms with Gasteiger partial charge in [0.25, 0.3) is 5.56 Å². The number of aldehydes is 1. The van der Waals surface area contributed by atoms with Crippen molar-refractivity contribution in [1.29, 1.82) is 0 Å². The average molecular weight is 339 g/mol. The third-order valence-corrected chi connectivity index (χ3v) is 6.80. The highest BCUT2D eigenvalue weighted by molar-refractivity contribution is 5.84. The second-order valence-corrected chi connectivity index (χ2v) is 8.53. The molecule has 3 heterocycles. The van der Waals surface area contributed by atoms with Gasteiger partial charge >= 0.3 is 0 Å². The highest BCUT2D eigenvalue weighted by atomic mass is 16.1. The second kappa shape index (κ2) is 5.16. The summed E-state index contributed by atoms with van der Waals surface area (Å²) in [5, 5.41) is 0. The molecule has 2 aromatic rings. The number of nitrogens with zero attached hydrogens (tertiary/aromatic N) is 3. The number of carbonyl (C=O) groups is 1. The van der Waals surface area contributed by atoms with Crippen molar-refractivity contribution in [2.45, 2.75) is 52.5 Å². The van der Waals surface area contributed by atoms with Gasteiger partial charge in [-0.05, 0) is 56.1 Å². The Bertz CT molecular complexity index is 930. The molecule has 1 aliphatic heterocycles. The zero-order valence-corrected chi connectivity index (χ0v) is 15.4. The van der Waals surface area contributed by atoms with Crippen molar-refractivity contribution < 1.29 is 4.79 Å². The molecule has 2 bridgehead atoms. The summed E-state index contributed by atoms with van der Waals surface area (Å²) in [4.78, 5) is 31.8. The van der Waals surface area contributed by atoms with Crippen molar-refractivity contribution in [2.24, 2.45) is 11.3 Å². The van der Waals surface area contributed by atoms with Gasteiger partial charge in [-0.15, -0.1) is 0 Å². The molecule has 2 aliphatic rings. The highest BCUT2D eigenvalue weighted by Gasteiger charge is 2.55. The lowest BCUT2D eigenvalue weighted by Gasteiger charge is -2.49. The molecular formula is C20H25N3O2. The van der Waals surface area contributed by atoms with E-state index in [4.69, 9.17) is 4.98 Å². The Morgan fingerprint density at radius 3 is 2.80 bits per heavy atom. The van der Waals surface area contributed by atoms with Gasteiger partial charge in [-0.25, -0.2) is 4.98 Å². The lowest BCUT2D eigenvalue weighted by Crippen LogP contribution is -2.53. The third-order valence-electron chi connectivity index (χ3n) is 6.80. The van der Waals surface area contributed by atoms with Gasteiger partial charge in [0.15, 0.2) is 6.29 Å². The van der Waals surface area contributed by atoms with Gasteiger partial charge in [0.05, 0.1) is 0 Å². The van der Waals surface area contributed by atoms with Gasteiger partial charge in [-0.1, -0.05) is 19.9 Å². The molecular weight excluding hydrogens is 314 g/mol. The minimum Gasteiger partial charge on any atom is -0.350 e. The first-order chi connectivity index (χ1) is 11.8. The molecule has 2 fully saturated rings. The molecule has 0 spiro atoms. The summed E-state index contributed by atoms with van der Waals surface area (Å²) < 4.78 is 1.48. The highest BCUT2D eigenvalue weighted by Crippen LogP contribution is 2.55. The summed E-state index contributed by atoms with van der Waals surface area (Å²) in [5.41, 5.74) is 1.49. The van der Waals surface area contributed by atoms with Crippen molar-refractivity contribution >= 4 is 17.8 Å². The summed E-state index contributed by atoms with van der Waals surface area (Å²) in [6, 6.07) is 3.76. The van der Waals surface area contributed by atoms with Gasteiger partial charge in [-0.3, -0.25) is 14.0 Å². The SMILES string of the molecule is Cc1cccn2c(=O)c(C=O)c(N3C[C@H]4CCC(C)(C)[C@@]3(C)C4)nc12. The molecule has 5 nitrogen and oxygen atoms in total. The molecule has 1 saturated carbocycles. The number of aryl methyl sites for hydroxylation is 1. The van der Waals surface area contributed by atoms with Crippen molar-refractivity contribution in [3.63, 3.8) is 0 Å². The number of carbonyl (C=O) groups excluding carboxylic acids is 1. The minimum atomic E-state index is -0.276. The van der Waals surface area contributed by atoms with Crippen LogP contribution in [-0.2, 0) is 0 Å². The Labute approximate surface area is 147 Å². The Kier molecular flexibility index (Phi) is 3.37. The molecule has 2 atom stereocenters. The van der Waals surface area contributed by atoms with Crippen LogP contribution in [-0.4, -0.2) is 27.8 Å². The first kappa shape index (κ1) is 16.3. The maximum Gasteiger partial charge on any atom is 0.270 e. The standard InChI is InChI=1S/C20H25N3O2/c1-13-6-5-9-22-16(13)21-17(15(12-24)18(22)25)23-11-14-7-8-19(2,3)20(23,4)10-14/h5-6,9,12,14H,7-8,10-11H2,1-4H3/t14-,20+/m0/s1. The van der Waals surface area contributed by atoms with Crippen LogP contribution in [0.1, 0.15) is 56.0 Å². The van der Waals surface area contributed by atoms with Crippen LogP contribution in [0.2, 0.25) is 0 Å². The molecule has 2 aromatic heterocycles. The lowest BCUT2D eigenvalue weighted by molar-refractivity contribution is 0.111. The van der Waals surface area contributed by atoms with Crippen molar-refractivity contribution in [2.75, 3.05) is 11.4 Å². The molecule has 0 amide bonds. The maximum absolute atomic E-state index is 12.9. The summed E-state index contributed by atoms with van der Waals surface area (Å²) in [7, 11) is 0. The molecule has 5 heteroatoms. The molecule has 0 N–H and O–H groups in total. The molecule has 1 aliphatic carbocycles. The van der Waals surface area contributed by atoms with E-state index in [1.807, 2.05) is 19.1 Å². The topological polar surface area (TPSA) is 54.7 Å². The van der Waals surface area contributed by atoms with Crippen molar-refractivity contribution in [1.82, 2.24) is 9.38 Å². The van der Waals surface area contributed by atoms with E-state index in [1.165, 1.54) is 10.8 Å². The van der Waals surface area contributed by atoms with Crippen LogP contribution in [0.4, 0.5) is 5.82 Å². The first-order valence-corrected chi connectivity index (χ1v) is 9.03. The number of anilines is 1. The zero-order valence-electron chi connectivity index (χ0n) is 15.4. The summed E-state index contributed by atoms with van der Waals surface area (Å²) in [5.74, 6) is 1.17. The summed E-state index contributed by atoms with van der Waals surface area (Å²) >= 11 is 0. The van der Waals surface area contributed by atoms with Crippen molar-refractivity contribution in [3.8, 4) is 0 Å². The minimum absolute atomic E-state index is 0.0891. The predicted octanol–water partition coefficient (Wildman–Crippen LogP) is 3.22. The molecule has 0 aromatic carbocycles. The molecule has 25 heavy (non-hydrogen) atoms. The van der Waals surface area contributed by atoms with Gasteiger partial charge in [-0.2, -0.15) is 0 Å². The van der Waals surface area contributed by atoms with E-state index in [2.05, 4.69) is 25.7 Å². The summed E-state index contributed by atoms with van der Waals surface area (Å²) in [6.07, 6.45) is 5.81. The number of fused-ring (bicyclic) bond motifs is 3. The second-order valence-electron chi connectivity index (χ2n) is 8.53. The number of hydrogen-bond acceptors (Lipinski definition) is 4. The van der Waals surface area contributed by atoms with E-state index in [0.717, 1.165) is 24.9 Å². The fourth-order valence-corrected chi connectivity index (χ4v) is 4.80. The molecule has 4 rings (SSSR count).